The number of halogens is 1. The summed E-state index contributed by atoms with van der Waals surface area (Å²) < 4.78 is 16.3. The Labute approximate surface area is 139 Å². The summed E-state index contributed by atoms with van der Waals surface area (Å²) in [6.45, 7) is 2.08. The molecule has 1 aliphatic rings. The zero-order valence-corrected chi connectivity index (χ0v) is 13.3. The van der Waals surface area contributed by atoms with E-state index in [-0.39, 0.29) is 12.7 Å². The van der Waals surface area contributed by atoms with Crippen molar-refractivity contribution in [3.8, 4) is 17.2 Å². The third-order valence-electron chi connectivity index (χ3n) is 3.38. The molecule has 1 aliphatic heterocycles. The minimum absolute atomic E-state index is 0.197. The fraction of sp³-hybridized carbons (Fsp3) is 0.235. The first-order valence-electron chi connectivity index (χ1n) is 7.28. The molecule has 120 valence electrons. The summed E-state index contributed by atoms with van der Waals surface area (Å²) in [4.78, 5) is 12.4. The maximum absolute atomic E-state index is 12.4. The van der Waals surface area contributed by atoms with Crippen LogP contribution in [0.4, 0.5) is 5.69 Å². The van der Waals surface area contributed by atoms with Gasteiger partial charge in [-0.3, -0.25) is 4.79 Å². The minimum Gasteiger partial charge on any atom is -0.481 e. The van der Waals surface area contributed by atoms with Gasteiger partial charge in [0.2, 0.25) is 6.79 Å². The van der Waals surface area contributed by atoms with Gasteiger partial charge in [-0.25, -0.2) is 0 Å². The molecule has 0 saturated heterocycles. The zero-order valence-electron chi connectivity index (χ0n) is 12.5. The predicted molar refractivity (Wildman–Crippen MR) is 87.4 cm³/mol. The van der Waals surface area contributed by atoms with Crippen molar-refractivity contribution in [2.45, 2.75) is 19.4 Å². The molecule has 0 aliphatic carbocycles. The smallest absolute Gasteiger partial charge is 0.265 e. The Morgan fingerprint density at radius 2 is 2.09 bits per heavy atom. The molecule has 5 nitrogen and oxygen atoms in total. The quantitative estimate of drug-likeness (QED) is 0.902. The third-order valence-corrected chi connectivity index (χ3v) is 3.61. The molecule has 2 aromatic carbocycles. The Morgan fingerprint density at radius 3 is 2.87 bits per heavy atom. The molecule has 6 heteroatoms. The fourth-order valence-corrected chi connectivity index (χ4v) is 2.40. The van der Waals surface area contributed by atoms with Crippen molar-refractivity contribution in [3.63, 3.8) is 0 Å². The Hall–Kier alpha value is -2.40. The second-order valence-corrected chi connectivity index (χ2v) is 5.47. The number of carbonyl (C=O) groups is 1. The van der Waals surface area contributed by atoms with E-state index in [1.54, 1.807) is 42.5 Å². The SMILES string of the molecule is CC[C@@H](Oc1cccc(Cl)c1)C(=O)Nc1ccc2c(c1)OCO2. The van der Waals surface area contributed by atoms with Gasteiger partial charge in [0.15, 0.2) is 17.6 Å². The van der Waals surface area contributed by atoms with Crippen molar-refractivity contribution in [1.29, 1.82) is 0 Å². The van der Waals surface area contributed by atoms with Crippen LogP contribution >= 0.6 is 11.6 Å². The van der Waals surface area contributed by atoms with Gasteiger partial charge in [0.05, 0.1) is 0 Å². The van der Waals surface area contributed by atoms with E-state index >= 15 is 0 Å². The van der Waals surface area contributed by atoms with E-state index in [4.69, 9.17) is 25.8 Å². The number of carbonyl (C=O) groups excluding carboxylic acids is 1. The zero-order chi connectivity index (χ0) is 16.2. The summed E-state index contributed by atoms with van der Waals surface area (Å²) in [5.41, 5.74) is 0.632. The van der Waals surface area contributed by atoms with Crippen molar-refractivity contribution in [2.75, 3.05) is 12.1 Å². The van der Waals surface area contributed by atoms with Crippen molar-refractivity contribution in [3.05, 3.63) is 47.5 Å². The number of amides is 1. The first-order valence-corrected chi connectivity index (χ1v) is 7.66. The molecule has 23 heavy (non-hydrogen) atoms. The molecule has 0 fully saturated rings. The molecule has 1 amide bonds. The molecule has 0 saturated carbocycles. The highest BCUT2D eigenvalue weighted by Gasteiger charge is 2.20. The van der Waals surface area contributed by atoms with Gasteiger partial charge in [-0.15, -0.1) is 0 Å². The Balaban J connectivity index is 1.68. The van der Waals surface area contributed by atoms with E-state index in [2.05, 4.69) is 5.32 Å². The summed E-state index contributed by atoms with van der Waals surface area (Å²) in [6.07, 6.45) is -0.0815. The number of nitrogens with one attached hydrogen (secondary N) is 1. The number of hydrogen-bond acceptors (Lipinski definition) is 4. The fourth-order valence-electron chi connectivity index (χ4n) is 2.22. The lowest BCUT2D eigenvalue weighted by atomic mass is 10.2. The maximum atomic E-state index is 12.4. The topological polar surface area (TPSA) is 56.8 Å². The van der Waals surface area contributed by atoms with Gasteiger partial charge in [0.1, 0.15) is 5.75 Å². The van der Waals surface area contributed by atoms with Crippen LogP contribution in [0.25, 0.3) is 0 Å². The second kappa shape index (κ2) is 6.79. The molecule has 0 spiro atoms. The first-order chi connectivity index (χ1) is 11.2. The van der Waals surface area contributed by atoms with Crippen molar-refractivity contribution < 1.29 is 19.0 Å². The number of fused-ring (bicyclic) bond motifs is 1. The van der Waals surface area contributed by atoms with Crippen molar-refractivity contribution >= 4 is 23.2 Å². The lowest BCUT2D eigenvalue weighted by Crippen LogP contribution is -2.32. The van der Waals surface area contributed by atoms with Crippen LogP contribution in [-0.4, -0.2) is 18.8 Å². The lowest BCUT2D eigenvalue weighted by molar-refractivity contribution is -0.122. The van der Waals surface area contributed by atoms with E-state index in [1.165, 1.54) is 0 Å². The molecule has 0 unspecified atom stereocenters. The number of ether oxygens (including phenoxy) is 3. The summed E-state index contributed by atoms with van der Waals surface area (Å²) in [6, 6.07) is 12.2. The molecular weight excluding hydrogens is 318 g/mol. The molecule has 0 aromatic heterocycles. The average Bonchev–Trinajstić information content (AvgIpc) is 3.00. The number of hydrogen-bond donors (Lipinski definition) is 1. The third kappa shape index (κ3) is 3.68. The van der Waals surface area contributed by atoms with Gasteiger partial charge in [0.25, 0.3) is 5.91 Å². The summed E-state index contributed by atoms with van der Waals surface area (Å²) in [7, 11) is 0. The van der Waals surface area contributed by atoms with Crippen LogP contribution in [-0.2, 0) is 4.79 Å². The average molecular weight is 334 g/mol. The summed E-state index contributed by atoms with van der Waals surface area (Å²) >= 11 is 5.93. The Bertz CT molecular complexity index is 719. The van der Waals surface area contributed by atoms with Gasteiger partial charge in [-0.2, -0.15) is 0 Å². The normalized spacial score (nSPS) is 13.5. The number of anilines is 1. The van der Waals surface area contributed by atoms with Crippen LogP contribution in [0, 0.1) is 0 Å². The molecule has 2 aromatic rings. The van der Waals surface area contributed by atoms with Crippen LogP contribution < -0.4 is 19.5 Å². The molecule has 1 N–H and O–H groups in total. The summed E-state index contributed by atoms with van der Waals surface area (Å²) in [5.74, 6) is 1.62. The van der Waals surface area contributed by atoms with E-state index in [1.807, 2.05) is 6.92 Å². The van der Waals surface area contributed by atoms with Gasteiger partial charge >= 0.3 is 0 Å². The van der Waals surface area contributed by atoms with Crippen LogP contribution in [0.2, 0.25) is 5.02 Å². The second-order valence-electron chi connectivity index (χ2n) is 5.03. The molecular formula is C17H16ClNO4. The largest absolute Gasteiger partial charge is 0.481 e. The molecule has 1 heterocycles. The number of benzene rings is 2. The monoisotopic (exact) mass is 333 g/mol. The van der Waals surface area contributed by atoms with Crippen LogP contribution in [0.5, 0.6) is 17.2 Å². The Morgan fingerprint density at radius 1 is 1.26 bits per heavy atom. The van der Waals surface area contributed by atoms with Gasteiger partial charge in [0, 0.05) is 16.8 Å². The minimum atomic E-state index is -0.612. The van der Waals surface area contributed by atoms with Crippen molar-refractivity contribution in [1.82, 2.24) is 0 Å². The van der Waals surface area contributed by atoms with E-state index in [0.717, 1.165) is 0 Å². The highest BCUT2D eigenvalue weighted by molar-refractivity contribution is 6.30. The van der Waals surface area contributed by atoms with Crippen LogP contribution in [0.3, 0.4) is 0 Å². The molecule has 1 atom stereocenters. The van der Waals surface area contributed by atoms with Gasteiger partial charge in [-0.05, 0) is 36.8 Å². The standard InChI is InChI=1S/C17H16ClNO4/c1-2-14(23-13-5-3-4-11(18)8-13)17(20)19-12-6-7-15-16(9-12)22-10-21-15/h3-9,14H,2,10H2,1H3,(H,19,20)/t14-/m1/s1. The molecule has 0 bridgehead atoms. The first kappa shape index (κ1) is 15.5. The highest BCUT2D eigenvalue weighted by atomic mass is 35.5. The molecule has 3 rings (SSSR count). The van der Waals surface area contributed by atoms with Gasteiger partial charge in [-0.1, -0.05) is 24.6 Å². The van der Waals surface area contributed by atoms with E-state index < -0.39 is 6.10 Å². The highest BCUT2D eigenvalue weighted by Crippen LogP contribution is 2.34. The van der Waals surface area contributed by atoms with E-state index in [0.29, 0.717) is 34.4 Å². The molecule has 0 radical (unpaired) electrons. The lowest BCUT2D eigenvalue weighted by Gasteiger charge is -2.17. The predicted octanol–water partition coefficient (Wildman–Crippen LogP) is 3.86. The Kier molecular flexibility index (Phi) is 4.57. The van der Waals surface area contributed by atoms with Crippen molar-refractivity contribution in [2.24, 2.45) is 0 Å². The maximum Gasteiger partial charge on any atom is 0.265 e. The number of rotatable bonds is 5. The van der Waals surface area contributed by atoms with Gasteiger partial charge < -0.3 is 19.5 Å². The van der Waals surface area contributed by atoms with Crippen LogP contribution in [0.1, 0.15) is 13.3 Å². The van der Waals surface area contributed by atoms with Crippen LogP contribution in [0.15, 0.2) is 42.5 Å². The van der Waals surface area contributed by atoms with E-state index in [9.17, 15) is 4.79 Å². The summed E-state index contributed by atoms with van der Waals surface area (Å²) in [5, 5.41) is 3.39.